The number of hydrogen-bond donors (Lipinski definition) is 0. The smallest absolute Gasteiger partial charge is 0.415 e. The number of fused-ring (bicyclic) bond motifs is 1. The molecule has 1 amide bonds. The predicted molar refractivity (Wildman–Crippen MR) is 137 cm³/mol. The number of rotatable bonds is 3. The summed E-state index contributed by atoms with van der Waals surface area (Å²) in [6.07, 6.45) is -0.539. The van der Waals surface area contributed by atoms with Gasteiger partial charge in [0.2, 0.25) is 0 Å². The van der Waals surface area contributed by atoms with Crippen LogP contribution in [-0.4, -0.2) is 38.7 Å². The van der Waals surface area contributed by atoms with Crippen molar-refractivity contribution in [3.05, 3.63) is 95.6 Å². The van der Waals surface area contributed by atoms with Crippen LogP contribution < -0.4 is 4.90 Å². The van der Waals surface area contributed by atoms with Gasteiger partial charge in [-0.3, -0.25) is 9.69 Å². The van der Waals surface area contributed by atoms with E-state index in [4.69, 9.17) is 4.74 Å². The largest absolute Gasteiger partial charge is 0.449 e. The first-order chi connectivity index (χ1) is 17.4. The van der Waals surface area contributed by atoms with Crippen LogP contribution in [0.2, 0.25) is 0 Å². The minimum absolute atomic E-state index is 0.0337. The van der Waals surface area contributed by atoms with Gasteiger partial charge >= 0.3 is 6.09 Å². The van der Waals surface area contributed by atoms with Crippen LogP contribution in [-0.2, 0) is 14.6 Å². The van der Waals surface area contributed by atoms with E-state index in [-0.39, 0.29) is 29.5 Å². The highest BCUT2D eigenvalue weighted by molar-refractivity contribution is 7.91. The molecule has 3 aromatic rings. The number of sulfone groups is 1. The zero-order valence-corrected chi connectivity index (χ0v) is 20.4. The molecule has 1 heterocycles. The highest BCUT2D eigenvalue weighted by Gasteiger charge is 2.35. The van der Waals surface area contributed by atoms with E-state index in [0.29, 0.717) is 22.4 Å². The highest BCUT2D eigenvalue weighted by Crippen LogP contribution is 2.31. The average Bonchev–Trinajstić information content (AvgIpc) is 2.89. The second-order valence-electron chi connectivity index (χ2n) is 7.92. The van der Waals surface area contributed by atoms with Crippen LogP contribution in [0.3, 0.4) is 0 Å². The molecule has 0 aromatic heterocycles. The molecule has 1 atom stereocenters. The second kappa shape index (κ2) is 10.9. The van der Waals surface area contributed by atoms with Crippen molar-refractivity contribution in [3.8, 4) is 23.7 Å². The monoisotopic (exact) mass is 497 g/mol. The Kier molecular flexibility index (Phi) is 7.53. The zero-order valence-electron chi connectivity index (χ0n) is 19.6. The van der Waals surface area contributed by atoms with Crippen molar-refractivity contribution in [1.82, 2.24) is 0 Å². The van der Waals surface area contributed by atoms with Gasteiger partial charge in [0.25, 0.3) is 0 Å². The molecule has 1 aliphatic heterocycles. The van der Waals surface area contributed by atoms with Crippen molar-refractivity contribution in [2.75, 3.05) is 17.3 Å². The molecule has 0 fully saturated rings. The van der Waals surface area contributed by atoms with Crippen molar-refractivity contribution >= 4 is 27.4 Å². The van der Waals surface area contributed by atoms with Crippen molar-refractivity contribution in [2.24, 2.45) is 0 Å². The fourth-order valence-electron chi connectivity index (χ4n) is 3.80. The molecule has 180 valence electrons. The first kappa shape index (κ1) is 24.8. The summed E-state index contributed by atoms with van der Waals surface area (Å²) in [5, 5.41) is 0. The topological polar surface area (TPSA) is 80.8 Å². The maximum Gasteiger partial charge on any atom is 0.415 e. The summed E-state index contributed by atoms with van der Waals surface area (Å²) >= 11 is 0. The summed E-state index contributed by atoms with van der Waals surface area (Å²) in [7, 11) is -3.53. The molecule has 0 saturated heterocycles. The quantitative estimate of drug-likeness (QED) is 0.499. The van der Waals surface area contributed by atoms with Gasteiger partial charge in [0, 0.05) is 23.1 Å². The molecule has 0 spiro atoms. The lowest BCUT2D eigenvalue weighted by Crippen LogP contribution is -2.45. The van der Waals surface area contributed by atoms with Gasteiger partial charge in [0.05, 0.1) is 17.2 Å². The number of amides is 1. The maximum absolute atomic E-state index is 12.8. The number of ether oxygens (including phenoxy) is 1. The summed E-state index contributed by atoms with van der Waals surface area (Å²) in [4.78, 5) is 27.1. The molecular formula is C29H23NO5S. The van der Waals surface area contributed by atoms with Gasteiger partial charge in [-0.25, -0.2) is 13.2 Å². The van der Waals surface area contributed by atoms with Crippen LogP contribution in [0.15, 0.2) is 83.8 Å². The van der Waals surface area contributed by atoms with Gasteiger partial charge in [-0.05, 0) is 43.3 Å². The number of anilines is 1. The van der Waals surface area contributed by atoms with Gasteiger partial charge in [0.1, 0.15) is 11.8 Å². The van der Waals surface area contributed by atoms with E-state index in [0.717, 1.165) is 0 Å². The molecular weight excluding hydrogens is 474 g/mol. The summed E-state index contributed by atoms with van der Waals surface area (Å²) < 4.78 is 30.3. The minimum atomic E-state index is -3.53. The number of carbonyl (C=O) groups excluding carboxylic acids is 2. The maximum atomic E-state index is 12.8. The predicted octanol–water partition coefficient (Wildman–Crippen LogP) is 4.48. The van der Waals surface area contributed by atoms with E-state index in [1.54, 1.807) is 73.7 Å². The van der Waals surface area contributed by atoms with E-state index in [1.807, 2.05) is 0 Å². The summed E-state index contributed by atoms with van der Waals surface area (Å²) in [5.74, 6) is 11.3. The average molecular weight is 498 g/mol. The number of ketones is 1. The fourth-order valence-corrected chi connectivity index (χ4v) is 4.80. The molecule has 0 radical (unpaired) electrons. The van der Waals surface area contributed by atoms with Gasteiger partial charge in [-0.1, -0.05) is 66.1 Å². The first-order valence-corrected chi connectivity index (χ1v) is 13.0. The van der Waals surface area contributed by atoms with E-state index in [1.165, 1.54) is 17.0 Å². The minimum Gasteiger partial charge on any atom is -0.449 e. The van der Waals surface area contributed by atoms with Crippen molar-refractivity contribution < 1.29 is 22.7 Å². The van der Waals surface area contributed by atoms with Crippen LogP contribution in [0, 0.1) is 23.7 Å². The van der Waals surface area contributed by atoms with Gasteiger partial charge in [-0.2, -0.15) is 0 Å². The van der Waals surface area contributed by atoms with Crippen LogP contribution in [0.25, 0.3) is 0 Å². The summed E-state index contributed by atoms with van der Waals surface area (Å²) in [6, 6.07) is 21.4. The van der Waals surface area contributed by atoms with Crippen molar-refractivity contribution in [2.45, 2.75) is 24.3 Å². The Morgan fingerprint density at radius 2 is 1.58 bits per heavy atom. The molecule has 0 N–H and O–H groups in total. The Morgan fingerprint density at radius 1 is 0.944 bits per heavy atom. The lowest BCUT2D eigenvalue weighted by atomic mass is 9.94. The standard InChI is InChI=1S/C29H23NO5S/c1-2-35-29(32)30-24(21-28(31)26-16-8-9-17-27(26)30)19-18-23-12-7-6-11-22(23)13-10-20-36(33,34)25-14-4-3-5-15-25/h3-9,11-12,14-17,24H,2,20-21H2,1H3. The van der Waals surface area contributed by atoms with Gasteiger partial charge in [-0.15, -0.1) is 0 Å². The van der Waals surface area contributed by atoms with Crippen LogP contribution in [0.1, 0.15) is 34.8 Å². The third kappa shape index (κ3) is 5.49. The second-order valence-corrected chi connectivity index (χ2v) is 9.91. The normalized spacial score (nSPS) is 14.5. The number of nitrogens with zero attached hydrogens (tertiary/aromatic N) is 1. The van der Waals surface area contributed by atoms with E-state index in [9.17, 15) is 18.0 Å². The number of para-hydroxylation sites is 1. The Labute approximate surface area is 210 Å². The molecule has 0 aliphatic carbocycles. The molecule has 7 heteroatoms. The summed E-state index contributed by atoms with van der Waals surface area (Å²) in [5.41, 5.74) is 2.04. The Balaban J connectivity index is 1.63. The molecule has 0 saturated carbocycles. The number of hydrogen-bond acceptors (Lipinski definition) is 5. The molecule has 1 aliphatic rings. The van der Waals surface area contributed by atoms with E-state index >= 15 is 0 Å². The SMILES string of the molecule is CCOC(=O)N1c2ccccc2C(=O)CC1C#Cc1ccccc1C#CCS(=O)(=O)c1ccccc1. The zero-order chi connectivity index (χ0) is 25.5. The molecule has 0 bridgehead atoms. The van der Waals surface area contributed by atoms with Gasteiger partial charge < -0.3 is 4.74 Å². The molecule has 6 nitrogen and oxygen atoms in total. The number of carbonyl (C=O) groups is 2. The van der Waals surface area contributed by atoms with E-state index in [2.05, 4.69) is 23.7 Å². The Morgan fingerprint density at radius 3 is 2.31 bits per heavy atom. The lowest BCUT2D eigenvalue weighted by molar-refractivity contribution is 0.0971. The number of Topliss-reactive ketones (excluding diaryl/α,β-unsaturated/α-hetero) is 1. The van der Waals surface area contributed by atoms with Crippen LogP contribution >= 0.6 is 0 Å². The molecule has 36 heavy (non-hydrogen) atoms. The molecule has 3 aromatic carbocycles. The number of benzene rings is 3. The van der Waals surface area contributed by atoms with Crippen LogP contribution in [0.5, 0.6) is 0 Å². The lowest BCUT2D eigenvalue weighted by Gasteiger charge is -2.32. The van der Waals surface area contributed by atoms with Crippen LogP contribution in [0.4, 0.5) is 10.5 Å². The van der Waals surface area contributed by atoms with Gasteiger partial charge in [0.15, 0.2) is 15.6 Å². The third-order valence-electron chi connectivity index (χ3n) is 5.51. The highest BCUT2D eigenvalue weighted by atomic mass is 32.2. The fraction of sp³-hybridized carbons (Fsp3) is 0.172. The van der Waals surface area contributed by atoms with Crippen molar-refractivity contribution in [3.63, 3.8) is 0 Å². The Hall–Kier alpha value is -4.33. The molecule has 1 unspecified atom stereocenters. The third-order valence-corrected chi connectivity index (χ3v) is 7.02. The summed E-state index contributed by atoms with van der Waals surface area (Å²) in [6.45, 7) is 1.91. The van der Waals surface area contributed by atoms with E-state index < -0.39 is 22.0 Å². The Bertz CT molecular complexity index is 1520. The first-order valence-electron chi connectivity index (χ1n) is 11.4. The molecule has 4 rings (SSSR count). The van der Waals surface area contributed by atoms with Crippen molar-refractivity contribution in [1.29, 1.82) is 0 Å².